The number of quaternary nitrogens is 1. The van der Waals surface area contributed by atoms with E-state index in [1.807, 2.05) is 27.2 Å². The number of allylic oxidation sites excluding steroid dienone is 19. The average Bonchev–Trinajstić information content (AvgIpc) is 3.41. The second-order valence-corrected chi connectivity index (χ2v) is 23.8. The number of rotatable bonds is 57. The van der Waals surface area contributed by atoms with Crippen LogP contribution in [0.15, 0.2) is 122 Å². The number of nitrogens with zero attached hydrogens (tertiary/aromatic N) is 1. The minimum absolute atomic E-state index is 0.0492. The van der Waals surface area contributed by atoms with Gasteiger partial charge in [0.1, 0.15) is 13.2 Å². The van der Waals surface area contributed by atoms with Crippen LogP contribution in [0.1, 0.15) is 258 Å². The van der Waals surface area contributed by atoms with E-state index in [9.17, 15) is 19.4 Å². The van der Waals surface area contributed by atoms with Gasteiger partial charge in [-0.15, -0.1) is 0 Å². The van der Waals surface area contributed by atoms with Crippen molar-refractivity contribution in [3.8, 4) is 0 Å². The molecule has 0 aliphatic carbocycles. The van der Waals surface area contributed by atoms with Crippen LogP contribution in [0.3, 0.4) is 0 Å². The fourth-order valence-corrected chi connectivity index (χ4v) is 9.44. The molecular weight excluding hydrogens is 984 g/mol. The van der Waals surface area contributed by atoms with E-state index in [-0.39, 0.29) is 19.1 Å². The van der Waals surface area contributed by atoms with Gasteiger partial charge in [0.2, 0.25) is 5.91 Å². The lowest BCUT2D eigenvalue weighted by molar-refractivity contribution is -0.870. The maximum absolute atomic E-state index is 13.0. The number of hydrogen-bond donors (Lipinski definition) is 3. The summed E-state index contributed by atoms with van der Waals surface area (Å²) in [6.07, 6.45) is 87.5. The van der Waals surface area contributed by atoms with Crippen molar-refractivity contribution in [2.75, 3.05) is 40.9 Å². The quantitative estimate of drug-likeness (QED) is 0.0243. The molecule has 448 valence electrons. The Bertz CT molecular complexity index is 1680. The van der Waals surface area contributed by atoms with Gasteiger partial charge in [0.25, 0.3) is 0 Å². The van der Waals surface area contributed by atoms with Crippen LogP contribution in [0, 0.1) is 0 Å². The number of carbonyl (C=O) groups excluding carboxylic acids is 1. The zero-order valence-electron chi connectivity index (χ0n) is 51.1. The Hall–Kier alpha value is -3.10. The zero-order valence-corrected chi connectivity index (χ0v) is 52.0. The Morgan fingerprint density at radius 3 is 1.18 bits per heavy atom. The predicted octanol–water partition coefficient (Wildman–Crippen LogP) is 20.1. The van der Waals surface area contributed by atoms with E-state index in [1.54, 1.807) is 6.08 Å². The van der Waals surface area contributed by atoms with E-state index in [2.05, 4.69) is 129 Å². The van der Waals surface area contributed by atoms with E-state index >= 15 is 0 Å². The Kier molecular flexibility index (Phi) is 56.2. The van der Waals surface area contributed by atoms with Gasteiger partial charge >= 0.3 is 7.82 Å². The zero-order chi connectivity index (χ0) is 57.0. The third-order valence-corrected chi connectivity index (χ3v) is 14.6. The fraction of sp³-hybridized carbons (Fsp3) is 0.696. The molecule has 8 nitrogen and oxygen atoms in total. The summed E-state index contributed by atoms with van der Waals surface area (Å²) >= 11 is 0. The molecule has 78 heavy (non-hydrogen) atoms. The van der Waals surface area contributed by atoms with Crippen molar-refractivity contribution < 1.29 is 32.9 Å². The molecule has 0 heterocycles. The SMILES string of the molecule is CC/C=C\C/C=C\C/C=C\C/C=C\C/C=C\C/C=C\C/C=C\CCCCCCCCCCCCCCCCCC(=O)NC(COP(=O)(O)OCC[N+](C)(C)C)C(O)/C=C/CC/C=C/CC/C=C/CCCCCCCCCCC. The molecule has 1 amide bonds. The largest absolute Gasteiger partial charge is 0.472 e. The number of carbonyl (C=O) groups is 1. The lowest BCUT2D eigenvalue weighted by Crippen LogP contribution is -2.45. The number of unbranched alkanes of at least 4 members (excludes halogenated alkanes) is 26. The van der Waals surface area contributed by atoms with Crippen molar-refractivity contribution in [2.45, 2.75) is 270 Å². The minimum atomic E-state index is -4.37. The summed E-state index contributed by atoms with van der Waals surface area (Å²) in [5, 5.41) is 13.9. The lowest BCUT2D eigenvalue weighted by Gasteiger charge is -2.25. The number of phosphoric ester groups is 1. The molecule has 3 atom stereocenters. The van der Waals surface area contributed by atoms with Crippen LogP contribution in [-0.4, -0.2) is 73.4 Å². The second-order valence-electron chi connectivity index (χ2n) is 22.4. The molecule has 9 heteroatoms. The Morgan fingerprint density at radius 2 is 0.782 bits per heavy atom. The topological polar surface area (TPSA) is 105 Å². The normalized spacial score (nSPS) is 14.6. The highest BCUT2D eigenvalue weighted by Crippen LogP contribution is 2.43. The van der Waals surface area contributed by atoms with Gasteiger partial charge < -0.3 is 19.8 Å². The van der Waals surface area contributed by atoms with Crippen LogP contribution >= 0.6 is 7.82 Å². The van der Waals surface area contributed by atoms with Gasteiger partial charge in [-0.2, -0.15) is 0 Å². The maximum atomic E-state index is 13.0. The standard InChI is InChI=1S/C69H121N2O6P/c1-6-8-10-12-14-16-18-20-22-24-26-27-28-29-30-31-32-33-34-35-36-37-38-39-40-41-42-43-45-47-49-51-53-55-57-59-61-63-69(73)70-67(66-77-78(74,75)76-65-64-71(3,4)5)68(72)62-60-58-56-54-52-50-48-46-44-25-23-21-19-17-15-13-11-9-7-2/h8,10,14,16,20,22,26-27,29-30,32-33,35-36,44,46,52,54,60,62,67-68,72H,6-7,9,11-13,15,17-19,21,23-25,28,31,34,37-43,45,47-51,53,55-59,61,63-66H2,1-5H3,(H-,70,73,74,75)/p+1/b10-8-,16-14-,22-20-,27-26-,30-29-,33-32-,36-35-,46-44+,54-52+,62-60+. The molecule has 0 radical (unpaired) electrons. The van der Waals surface area contributed by atoms with E-state index in [0.29, 0.717) is 17.4 Å². The number of likely N-dealkylation sites (N-methyl/N-ethyl adjacent to an activating group) is 1. The summed E-state index contributed by atoms with van der Waals surface area (Å²) < 4.78 is 23.7. The van der Waals surface area contributed by atoms with Gasteiger partial charge in [-0.25, -0.2) is 4.57 Å². The van der Waals surface area contributed by atoms with E-state index in [1.165, 1.54) is 148 Å². The Labute approximate surface area is 482 Å². The molecule has 0 aliphatic rings. The van der Waals surface area contributed by atoms with E-state index in [0.717, 1.165) is 89.9 Å². The van der Waals surface area contributed by atoms with Gasteiger partial charge in [0.15, 0.2) is 0 Å². The van der Waals surface area contributed by atoms with Gasteiger partial charge in [0.05, 0.1) is 39.9 Å². The Morgan fingerprint density at radius 1 is 0.449 bits per heavy atom. The van der Waals surface area contributed by atoms with Crippen molar-refractivity contribution in [1.29, 1.82) is 0 Å². The number of amides is 1. The number of aliphatic hydroxyl groups is 1. The highest BCUT2D eigenvalue weighted by molar-refractivity contribution is 7.47. The first-order chi connectivity index (χ1) is 38.0. The second kappa shape index (κ2) is 58.6. The third-order valence-electron chi connectivity index (χ3n) is 13.6. The van der Waals surface area contributed by atoms with Crippen LogP contribution in [0.4, 0.5) is 0 Å². The first-order valence-corrected chi connectivity index (χ1v) is 33.4. The van der Waals surface area contributed by atoms with Crippen LogP contribution in [0.25, 0.3) is 0 Å². The van der Waals surface area contributed by atoms with Crippen LogP contribution in [0.5, 0.6) is 0 Å². The van der Waals surface area contributed by atoms with Crippen molar-refractivity contribution in [2.24, 2.45) is 0 Å². The predicted molar refractivity (Wildman–Crippen MR) is 341 cm³/mol. The van der Waals surface area contributed by atoms with Gasteiger partial charge in [0, 0.05) is 6.42 Å². The number of hydrogen-bond acceptors (Lipinski definition) is 5. The molecular formula is C69H122N2O6P+. The summed E-state index contributed by atoms with van der Waals surface area (Å²) in [7, 11) is 1.54. The van der Waals surface area contributed by atoms with E-state index < -0.39 is 20.0 Å². The van der Waals surface area contributed by atoms with Crippen LogP contribution < -0.4 is 5.32 Å². The van der Waals surface area contributed by atoms with Gasteiger partial charge in [-0.3, -0.25) is 13.8 Å². The monoisotopic (exact) mass is 1110 g/mol. The summed E-state index contributed by atoms with van der Waals surface area (Å²) in [4.78, 5) is 23.3. The molecule has 0 saturated carbocycles. The highest BCUT2D eigenvalue weighted by Gasteiger charge is 2.27. The maximum Gasteiger partial charge on any atom is 0.472 e. The third kappa shape index (κ3) is 60.5. The fourth-order valence-electron chi connectivity index (χ4n) is 8.70. The van der Waals surface area contributed by atoms with Gasteiger partial charge in [-0.1, -0.05) is 270 Å². The smallest absolute Gasteiger partial charge is 0.387 e. The van der Waals surface area contributed by atoms with Crippen molar-refractivity contribution in [3.63, 3.8) is 0 Å². The molecule has 0 saturated heterocycles. The summed E-state index contributed by atoms with van der Waals surface area (Å²) in [5.74, 6) is -0.194. The molecule has 0 rings (SSSR count). The summed E-state index contributed by atoms with van der Waals surface area (Å²) in [5.41, 5.74) is 0. The lowest BCUT2D eigenvalue weighted by atomic mass is 10.0. The molecule has 0 aromatic heterocycles. The molecule has 3 unspecified atom stereocenters. The van der Waals surface area contributed by atoms with Crippen molar-refractivity contribution >= 4 is 13.7 Å². The number of nitrogens with one attached hydrogen (secondary N) is 1. The van der Waals surface area contributed by atoms with Crippen molar-refractivity contribution in [1.82, 2.24) is 5.32 Å². The molecule has 0 fully saturated rings. The van der Waals surface area contributed by atoms with Gasteiger partial charge in [-0.05, 0) is 103 Å². The first kappa shape index (κ1) is 74.9. The van der Waals surface area contributed by atoms with Crippen LogP contribution in [0.2, 0.25) is 0 Å². The van der Waals surface area contributed by atoms with Crippen molar-refractivity contribution in [3.05, 3.63) is 122 Å². The molecule has 0 aromatic carbocycles. The van der Waals surface area contributed by atoms with E-state index in [4.69, 9.17) is 9.05 Å². The highest BCUT2D eigenvalue weighted by atomic mass is 31.2. The molecule has 0 bridgehead atoms. The summed E-state index contributed by atoms with van der Waals surface area (Å²) in [6, 6.07) is -0.877. The molecule has 0 spiro atoms. The summed E-state index contributed by atoms with van der Waals surface area (Å²) in [6.45, 7) is 4.67. The Balaban J connectivity index is 4.13. The molecule has 3 N–H and O–H groups in total. The molecule has 0 aromatic rings. The van der Waals surface area contributed by atoms with Crippen LogP contribution in [-0.2, 0) is 18.4 Å². The average molecular weight is 1110 g/mol. The number of phosphoric acid groups is 1. The number of aliphatic hydroxyl groups excluding tert-OH is 1. The minimum Gasteiger partial charge on any atom is -0.387 e. The first-order valence-electron chi connectivity index (χ1n) is 31.9. The molecule has 0 aliphatic heterocycles.